The number of unbranched alkanes of at least 4 members (excludes halogenated alkanes) is 1. The monoisotopic (exact) mass is 442 g/mol. The van der Waals surface area contributed by atoms with E-state index in [2.05, 4.69) is 21.5 Å². The first-order valence-electron chi connectivity index (χ1n) is 9.97. The molecule has 0 radical (unpaired) electrons. The molecule has 0 heterocycles. The molecule has 0 atom stereocenters. The van der Waals surface area contributed by atoms with Gasteiger partial charge in [-0.15, -0.1) is 0 Å². The molecule has 2 aromatic carbocycles. The highest BCUT2D eigenvalue weighted by Crippen LogP contribution is 2.13. The van der Waals surface area contributed by atoms with Gasteiger partial charge in [0.2, 0.25) is 5.91 Å². The molecule has 9 heteroatoms. The SMILES string of the molecule is CCCCC(=O)Nc1ccc(C(=O)NNC(=S)NC(=O)c2cccc(OCC)c2)cc1. The third-order valence-electron chi connectivity index (χ3n) is 4.11. The summed E-state index contributed by atoms with van der Waals surface area (Å²) in [6, 6.07) is 13.1. The fraction of sp³-hybridized carbons (Fsp3) is 0.273. The third-order valence-corrected chi connectivity index (χ3v) is 4.32. The van der Waals surface area contributed by atoms with Crippen LogP contribution in [0.15, 0.2) is 48.5 Å². The molecule has 0 fully saturated rings. The molecule has 0 spiro atoms. The summed E-state index contributed by atoms with van der Waals surface area (Å²) in [6.07, 6.45) is 2.23. The number of carbonyl (C=O) groups excluding carboxylic acids is 3. The summed E-state index contributed by atoms with van der Waals surface area (Å²) in [5.41, 5.74) is 6.25. The van der Waals surface area contributed by atoms with Crippen molar-refractivity contribution in [3.8, 4) is 5.75 Å². The van der Waals surface area contributed by atoms with Crippen LogP contribution in [0.5, 0.6) is 5.75 Å². The Morgan fingerprint density at radius 3 is 2.35 bits per heavy atom. The molecule has 164 valence electrons. The van der Waals surface area contributed by atoms with Crippen LogP contribution in [-0.2, 0) is 4.79 Å². The molecule has 0 aliphatic rings. The summed E-state index contributed by atoms with van der Waals surface area (Å²) in [5, 5.41) is 5.21. The van der Waals surface area contributed by atoms with E-state index in [1.54, 1.807) is 48.5 Å². The second-order valence-corrected chi connectivity index (χ2v) is 6.96. The molecule has 0 saturated carbocycles. The van der Waals surface area contributed by atoms with Gasteiger partial charge in [-0.25, -0.2) is 0 Å². The Labute approximate surface area is 186 Å². The van der Waals surface area contributed by atoms with Crippen LogP contribution in [-0.4, -0.2) is 29.4 Å². The number of benzene rings is 2. The average Bonchev–Trinajstić information content (AvgIpc) is 2.77. The van der Waals surface area contributed by atoms with Gasteiger partial charge in [-0.2, -0.15) is 0 Å². The Hall–Kier alpha value is -3.46. The maximum absolute atomic E-state index is 12.3. The van der Waals surface area contributed by atoms with E-state index in [1.807, 2.05) is 13.8 Å². The van der Waals surface area contributed by atoms with Crippen LogP contribution < -0.4 is 26.2 Å². The predicted molar refractivity (Wildman–Crippen MR) is 123 cm³/mol. The number of hydrogen-bond donors (Lipinski definition) is 4. The van der Waals surface area contributed by atoms with Gasteiger partial charge in [0.25, 0.3) is 11.8 Å². The number of thiocarbonyl (C=S) groups is 1. The van der Waals surface area contributed by atoms with Crippen molar-refractivity contribution >= 4 is 40.7 Å². The van der Waals surface area contributed by atoms with Crippen LogP contribution in [0.3, 0.4) is 0 Å². The van der Waals surface area contributed by atoms with Crippen molar-refractivity contribution in [3.63, 3.8) is 0 Å². The molecule has 0 aromatic heterocycles. The Morgan fingerprint density at radius 1 is 0.935 bits per heavy atom. The molecule has 0 aliphatic heterocycles. The normalized spacial score (nSPS) is 10.0. The minimum absolute atomic E-state index is 0.0556. The average molecular weight is 443 g/mol. The highest BCUT2D eigenvalue weighted by atomic mass is 32.1. The highest BCUT2D eigenvalue weighted by Gasteiger charge is 2.11. The number of nitrogens with one attached hydrogen (secondary N) is 4. The summed E-state index contributed by atoms with van der Waals surface area (Å²) in [5.74, 6) is -0.365. The Kier molecular flexibility index (Phi) is 9.44. The summed E-state index contributed by atoms with van der Waals surface area (Å²) in [4.78, 5) is 36.3. The van der Waals surface area contributed by atoms with E-state index < -0.39 is 11.8 Å². The molecule has 2 aromatic rings. The number of amides is 3. The molecule has 8 nitrogen and oxygen atoms in total. The van der Waals surface area contributed by atoms with Crippen molar-refractivity contribution in [1.29, 1.82) is 0 Å². The van der Waals surface area contributed by atoms with Crippen molar-refractivity contribution in [3.05, 3.63) is 59.7 Å². The molecule has 0 aliphatic carbocycles. The molecule has 0 bridgehead atoms. The van der Waals surface area contributed by atoms with Crippen molar-refractivity contribution in [2.24, 2.45) is 0 Å². The zero-order valence-corrected chi connectivity index (χ0v) is 18.3. The lowest BCUT2D eigenvalue weighted by Crippen LogP contribution is -2.48. The summed E-state index contributed by atoms with van der Waals surface area (Å²) < 4.78 is 5.37. The fourth-order valence-corrected chi connectivity index (χ4v) is 2.70. The molecule has 3 amide bonds. The van der Waals surface area contributed by atoms with Gasteiger partial charge >= 0.3 is 0 Å². The van der Waals surface area contributed by atoms with Crippen LogP contribution in [0.2, 0.25) is 0 Å². The zero-order valence-electron chi connectivity index (χ0n) is 17.5. The van der Waals surface area contributed by atoms with E-state index in [4.69, 9.17) is 17.0 Å². The van der Waals surface area contributed by atoms with Gasteiger partial charge in [-0.05, 0) is 68.0 Å². The van der Waals surface area contributed by atoms with Gasteiger partial charge in [-0.3, -0.25) is 30.6 Å². The second kappa shape index (κ2) is 12.3. The van der Waals surface area contributed by atoms with Gasteiger partial charge in [0.05, 0.1) is 6.61 Å². The number of hydrogen-bond acceptors (Lipinski definition) is 5. The van der Waals surface area contributed by atoms with Crippen LogP contribution in [0.25, 0.3) is 0 Å². The van der Waals surface area contributed by atoms with Crippen molar-refractivity contribution in [2.75, 3.05) is 11.9 Å². The first-order chi connectivity index (χ1) is 14.9. The van der Waals surface area contributed by atoms with Gasteiger partial charge in [0, 0.05) is 23.2 Å². The Balaban J connectivity index is 1.82. The van der Waals surface area contributed by atoms with Crippen LogP contribution in [0, 0.1) is 0 Å². The Bertz CT molecular complexity index is 931. The third kappa shape index (κ3) is 8.06. The maximum atomic E-state index is 12.3. The first-order valence-corrected chi connectivity index (χ1v) is 10.4. The van der Waals surface area contributed by atoms with Gasteiger partial charge in [0.15, 0.2) is 5.11 Å². The van der Waals surface area contributed by atoms with Crippen LogP contribution in [0.4, 0.5) is 5.69 Å². The summed E-state index contributed by atoms with van der Waals surface area (Å²) in [6.45, 7) is 4.36. The molecule has 31 heavy (non-hydrogen) atoms. The van der Waals surface area contributed by atoms with Crippen LogP contribution >= 0.6 is 12.2 Å². The van der Waals surface area contributed by atoms with Crippen molar-refractivity contribution < 1.29 is 19.1 Å². The molecule has 2 rings (SSSR count). The van der Waals surface area contributed by atoms with E-state index in [1.165, 1.54) is 0 Å². The van der Waals surface area contributed by atoms with E-state index in [0.29, 0.717) is 35.6 Å². The zero-order chi connectivity index (χ0) is 22.6. The first kappa shape index (κ1) is 23.8. The quantitative estimate of drug-likeness (QED) is 0.369. The molecular weight excluding hydrogens is 416 g/mol. The minimum Gasteiger partial charge on any atom is -0.494 e. The molecule has 4 N–H and O–H groups in total. The van der Waals surface area contributed by atoms with E-state index in [-0.39, 0.29) is 11.0 Å². The number of carbonyl (C=O) groups is 3. The molecule has 0 saturated heterocycles. The second-order valence-electron chi connectivity index (χ2n) is 6.55. The van der Waals surface area contributed by atoms with Crippen molar-refractivity contribution in [2.45, 2.75) is 33.1 Å². The number of hydrazine groups is 1. The van der Waals surface area contributed by atoms with Gasteiger partial charge in [0.1, 0.15) is 5.75 Å². The summed E-state index contributed by atoms with van der Waals surface area (Å²) >= 11 is 5.05. The number of ether oxygens (including phenoxy) is 1. The molecular formula is C22H26N4O4S. The smallest absolute Gasteiger partial charge is 0.269 e. The highest BCUT2D eigenvalue weighted by molar-refractivity contribution is 7.80. The predicted octanol–water partition coefficient (Wildman–Crippen LogP) is 3.16. The van der Waals surface area contributed by atoms with Crippen LogP contribution in [0.1, 0.15) is 53.8 Å². The van der Waals surface area contributed by atoms with Gasteiger partial charge in [-0.1, -0.05) is 19.4 Å². The summed E-state index contributed by atoms with van der Waals surface area (Å²) in [7, 11) is 0. The van der Waals surface area contributed by atoms with E-state index in [0.717, 1.165) is 12.8 Å². The Morgan fingerprint density at radius 2 is 1.68 bits per heavy atom. The number of anilines is 1. The lowest BCUT2D eigenvalue weighted by atomic mass is 10.2. The lowest BCUT2D eigenvalue weighted by molar-refractivity contribution is -0.116. The maximum Gasteiger partial charge on any atom is 0.269 e. The lowest BCUT2D eigenvalue weighted by Gasteiger charge is -2.12. The number of rotatable bonds is 8. The topological polar surface area (TPSA) is 109 Å². The van der Waals surface area contributed by atoms with Crippen molar-refractivity contribution in [1.82, 2.24) is 16.2 Å². The minimum atomic E-state index is -0.446. The fourth-order valence-electron chi connectivity index (χ4n) is 2.55. The van der Waals surface area contributed by atoms with E-state index >= 15 is 0 Å². The molecule has 0 unspecified atom stereocenters. The van der Waals surface area contributed by atoms with Gasteiger partial charge < -0.3 is 10.1 Å². The van der Waals surface area contributed by atoms with E-state index in [9.17, 15) is 14.4 Å². The standard InChI is InChI=1S/C22H26N4O4S/c1-3-5-9-19(27)23-17-12-10-15(11-13-17)21(29)25-26-22(31)24-20(28)16-7-6-8-18(14-16)30-4-2/h6-8,10-14H,3-5,9H2,1-2H3,(H,23,27)(H,25,29)(H2,24,26,28,31). The largest absolute Gasteiger partial charge is 0.494 e.